The summed E-state index contributed by atoms with van der Waals surface area (Å²) in [6.45, 7) is 0. The van der Waals surface area contributed by atoms with Crippen molar-refractivity contribution in [1.29, 1.82) is 0 Å². The molecule has 5 heteroatoms. The molecule has 2 aromatic rings. The summed E-state index contributed by atoms with van der Waals surface area (Å²) in [5, 5.41) is 11.7. The van der Waals surface area contributed by atoms with Crippen LogP contribution in [0, 0.1) is 0 Å². The van der Waals surface area contributed by atoms with E-state index in [-0.39, 0.29) is 11.9 Å². The number of aromatic nitrogens is 1. The van der Waals surface area contributed by atoms with Crippen LogP contribution in [-0.2, 0) is 6.42 Å². The third-order valence-corrected chi connectivity index (χ3v) is 3.72. The summed E-state index contributed by atoms with van der Waals surface area (Å²) in [4.78, 5) is 4.21. The highest BCUT2D eigenvalue weighted by Gasteiger charge is 2.21. The second-order valence-corrected chi connectivity index (χ2v) is 5.07. The zero-order chi connectivity index (χ0) is 14.7. The topological polar surface area (TPSA) is 80.7 Å². The first-order valence-electron chi connectivity index (χ1n) is 6.96. The molecule has 1 aromatic heterocycles. The molecule has 1 aliphatic rings. The van der Waals surface area contributed by atoms with Crippen molar-refractivity contribution >= 4 is 5.84 Å². The van der Waals surface area contributed by atoms with Gasteiger partial charge in [-0.05, 0) is 36.5 Å². The molecule has 1 aliphatic carbocycles. The van der Waals surface area contributed by atoms with Gasteiger partial charge in [0.1, 0.15) is 6.10 Å². The zero-order valence-electron chi connectivity index (χ0n) is 11.6. The van der Waals surface area contributed by atoms with Gasteiger partial charge in [-0.15, -0.1) is 0 Å². The molecule has 0 spiro atoms. The molecular weight excluding hydrogens is 266 g/mol. The van der Waals surface area contributed by atoms with Crippen LogP contribution in [0.1, 0.15) is 35.6 Å². The lowest BCUT2D eigenvalue weighted by molar-refractivity contribution is 0.176. The van der Waals surface area contributed by atoms with E-state index in [2.05, 4.69) is 28.3 Å². The number of oxime groups is 1. The fourth-order valence-electron chi connectivity index (χ4n) is 2.67. The van der Waals surface area contributed by atoms with Gasteiger partial charge in [0.15, 0.2) is 5.84 Å². The first kappa shape index (κ1) is 13.4. The first-order chi connectivity index (χ1) is 10.3. The SMILES string of the molecule is N/C(=N\O)c1ccnc(OC2CCCc3ccccc32)c1. The number of aryl methyl sites for hydroxylation is 1. The predicted octanol–water partition coefficient (Wildman–Crippen LogP) is 2.63. The maximum atomic E-state index is 8.73. The zero-order valence-corrected chi connectivity index (χ0v) is 11.6. The summed E-state index contributed by atoms with van der Waals surface area (Å²) >= 11 is 0. The van der Waals surface area contributed by atoms with Crippen molar-refractivity contribution in [3.8, 4) is 5.88 Å². The smallest absolute Gasteiger partial charge is 0.214 e. The highest BCUT2D eigenvalue weighted by Crippen LogP contribution is 2.32. The van der Waals surface area contributed by atoms with Crippen molar-refractivity contribution in [1.82, 2.24) is 4.98 Å². The van der Waals surface area contributed by atoms with Gasteiger partial charge in [-0.1, -0.05) is 29.4 Å². The Morgan fingerprint density at radius 3 is 3.05 bits per heavy atom. The molecule has 0 amide bonds. The molecular formula is C16H17N3O2. The molecule has 5 nitrogen and oxygen atoms in total. The van der Waals surface area contributed by atoms with Crippen LogP contribution in [0.5, 0.6) is 5.88 Å². The Bertz CT molecular complexity index is 670. The molecule has 1 heterocycles. The van der Waals surface area contributed by atoms with Crippen LogP contribution < -0.4 is 10.5 Å². The molecule has 0 radical (unpaired) electrons. The lowest BCUT2D eigenvalue weighted by Gasteiger charge is -2.25. The van der Waals surface area contributed by atoms with Crippen LogP contribution in [0.15, 0.2) is 47.8 Å². The lowest BCUT2D eigenvalue weighted by Crippen LogP contribution is -2.17. The van der Waals surface area contributed by atoms with E-state index in [1.165, 1.54) is 11.1 Å². The standard InChI is InChI=1S/C16H17N3O2/c17-16(19-20)12-8-9-18-15(10-12)21-14-7-3-5-11-4-1-2-6-13(11)14/h1-2,4,6,8-10,14,20H,3,5,7H2,(H2,17,19). The minimum atomic E-state index is 0.00462. The van der Waals surface area contributed by atoms with E-state index < -0.39 is 0 Å². The van der Waals surface area contributed by atoms with E-state index in [1.54, 1.807) is 18.3 Å². The van der Waals surface area contributed by atoms with Gasteiger partial charge < -0.3 is 15.7 Å². The van der Waals surface area contributed by atoms with Crippen LogP contribution in [-0.4, -0.2) is 16.0 Å². The van der Waals surface area contributed by atoms with Gasteiger partial charge in [-0.25, -0.2) is 4.98 Å². The molecule has 1 aromatic carbocycles. The summed E-state index contributed by atoms with van der Waals surface area (Å²) < 4.78 is 6.01. The lowest BCUT2D eigenvalue weighted by atomic mass is 9.89. The number of pyridine rings is 1. The van der Waals surface area contributed by atoms with Crippen LogP contribution in [0.2, 0.25) is 0 Å². The van der Waals surface area contributed by atoms with E-state index in [1.807, 2.05) is 6.07 Å². The van der Waals surface area contributed by atoms with Crippen molar-refractivity contribution in [3.05, 3.63) is 59.3 Å². The maximum Gasteiger partial charge on any atom is 0.214 e. The quantitative estimate of drug-likeness (QED) is 0.393. The molecule has 0 saturated heterocycles. The van der Waals surface area contributed by atoms with Crippen LogP contribution in [0.3, 0.4) is 0 Å². The predicted molar refractivity (Wildman–Crippen MR) is 79.5 cm³/mol. The summed E-state index contributed by atoms with van der Waals surface area (Å²) in [5.41, 5.74) is 8.74. The molecule has 21 heavy (non-hydrogen) atoms. The van der Waals surface area contributed by atoms with Gasteiger partial charge in [0.05, 0.1) is 0 Å². The highest BCUT2D eigenvalue weighted by molar-refractivity contribution is 5.97. The molecule has 3 N–H and O–H groups in total. The second kappa shape index (κ2) is 5.83. The van der Waals surface area contributed by atoms with Gasteiger partial charge >= 0.3 is 0 Å². The van der Waals surface area contributed by atoms with Crippen molar-refractivity contribution in [2.75, 3.05) is 0 Å². The third kappa shape index (κ3) is 2.81. The highest BCUT2D eigenvalue weighted by atomic mass is 16.5. The van der Waals surface area contributed by atoms with Crippen LogP contribution in [0.4, 0.5) is 0 Å². The van der Waals surface area contributed by atoms with Gasteiger partial charge in [-0.2, -0.15) is 0 Å². The average molecular weight is 283 g/mol. The number of amidine groups is 1. The van der Waals surface area contributed by atoms with Crippen molar-refractivity contribution in [2.24, 2.45) is 10.9 Å². The first-order valence-corrected chi connectivity index (χ1v) is 6.96. The molecule has 3 rings (SSSR count). The second-order valence-electron chi connectivity index (χ2n) is 5.07. The van der Waals surface area contributed by atoms with Crippen molar-refractivity contribution in [2.45, 2.75) is 25.4 Å². The number of fused-ring (bicyclic) bond motifs is 1. The molecule has 0 aliphatic heterocycles. The number of hydrogen-bond donors (Lipinski definition) is 2. The monoisotopic (exact) mass is 283 g/mol. The fraction of sp³-hybridized carbons (Fsp3) is 0.250. The van der Waals surface area contributed by atoms with Crippen molar-refractivity contribution < 1.29 is 9.94 Å². The Morgan fingerprint density at radius 2 is 2.19 bits per heavy atom. The molecule has 0 fully saturated rings. The Morgan fingerprint density at radius 1 is 1.33 bits per heavy atom. The largest absolute Gasteiger partial charge is 0.469 e. The summed E-state index contributed by atoms with van der Waals surface area (Å²) in [5.74, 6) is 0.534. The number of rotatable bonds is 3. The number of ether oxygens (including phenoxy) is 1. The Labute approximate surface area is 123 Å². The number of nitrogens with two attached hydrogens (primary N) is 1. The molecule has 0 saturated carbocycles. The van der Waals surface area contributed by atoms with Crippen LogP contribution in [0.25, 0.3) is 0 Å². The molecule has 1 atom stereocenters. The Hall–Kier alpha value is -2.56. The molecule has 1 unspecified atom stereocenters. The van der Waals surface area contributed by atoms with Gasteiger partial charge in [0.25, 0.3) is 0 Å². The van der Waals surface area contributed by atoms with E-state index in [4.69, 9.17) is 15.7 Å². The number of benzene rings is 1. The number of nitrogens with zero attached hydrogens (tertiary/aromatic N) is 2. The summed E-state index contributed by atoms with van der Waals surface area (Å²) in [7, 11) is 0. The van der Waals surface area contributed by atoms with E-state index in [0.717, 1.165) is 19.3 Å². The molecule has 0 bridgehead atoms. The van der Waals surface area contributed by atoms with Gasteiger partial charge in [0.2, 0.25) is 5.88 Å². The van der Waals surface area contributed by atoms with E-state index >= 15 is 0 Å². The molecule has 108 valence electrons. The van der Waals surface area contributed by atoms with Crippen molar-refractivity contribution in [3.63, 3.8) is 0 Å². The average Bonchev–Trinajstić information content (AvgIpc) is 2.55. The fourth-order valence-corrected chi connectivity index (χ4v) is 2.67. The minimum Gasteiger partial charge on any atom is -0.469 e. The maximum absolute atomic E-state index is 8.73. The van der Waals surface area contributed by atoms with Crippen LogP contribution >= 0.6 is 0 Å². The Balaban J connectivity index is 1.85. The third-order valence-electron chi connectivity index (χ3n) is 3.72. The number of hydrogen-bond acceptors (Lipinski definition) is 4. The summed E-state index contributed by atoms with van der Waals surface area (Å²) in [6.07, 6.45) is 4.75. The van der Waals surface area contributed by atoms with Gasteiger partial charge in [0, 0.05) is 17.8 Å². The normalized spacial score (nSPS) is 18.1. The minimum absolute atomic E-state index is 0.00462. The Kier molecular flexibility index (Phi) is 3.73. The van der Waals surface area contributed by atoms with E-state index in [9.17, 15) is 0 Å². The van der Waals surface area contributed by atoms with E-state index in [0.29, 0.717) is 11.4 Å². The summed E-state index contributed by atoms with van der Waals surface area (Å²) in [6, 6.07) is 11.7. The van der Waals surface area contributed by atoms with Gasteiger partial charge in [-0.3, -0.25) is 0 Å².